The van der Waals surface area contributed by atoms with E-state index >= 15 is 0 Å². The molecular formula is C11H15BrN2O. The molecule has 4 heteroatoms. The summed E-state index contributed by atoms with van der Waals surface area (Å²) in [6, 6.07) is 1.83. The van der Waals surface area contributed by atoms with E-state index in [1.54, 1.807) is 12.4 Å². The topological polar surface area (TPSA) is 42.0 Å². The van der Waals surface area contributed by atoms with Gasteiger partial charge < -0.3 is 5.32 Å². The summed E-state index contributed by atoms with van der Waals surface area (Å²) in [5.74, 6) is 0.0161. The molecule has 0 saturated carbocycles. The molecule has 82 valence electrons. The zero-order valence-electron chi connectivity index (χ0n) is 9.17. The summed E-state index contributed by atoms with van der Waals surface area (Å²) >= 11 is 3.30. The lowest BCUT2D eigenvalue weighted by molar-refractivity contribution is -0.117. The van der Waals surface area contributed by atoms with Gasteiger partial charge in [-0.1, -0.05) is 20.8 Å². The van der Waals surface area contributed by atoms with Crippen molar-refractivity contribution in [3.05, 3.63) is 22.9 Å². The largest absolute Gasteiger partial charge is 0.325 e. The molecule has 0 atom stereocenters. The van der Waals surface area contributed by atoms with Crippen molar-refractivity contribution in [2.75, 3.05) is 5.32 Å². The summed E-state index contributed by atoms with van der Waals surface area (Å²) in [5, 5.41) is 2.81. The van der Waals surface area contributed by atoms with Crippen LogP contribution in [0.1, 0.15) is 27.2 Å². The second-order valence-corrected chi connectivity index (χ2v) is 5.59. The van der Waals surface area contributed by atoms with E-state index in [2.05, 4.69) is 26.2 Å². The molecule has 0 unspecified atom stereocenters. The normalized spacial score (nSPS) is 11.2. The fraction of sp³-hybridized carbons (Fsp3) is 0.455. The molecule has 15 heavy (non-hydrogen) atoms. The van der Waals surface area contributed by atoms with Crippen LogP contribution in [-0.4, -0.2) is 10.9 Å². The van der Waals surface area contributed by atoms with Gasteiger partial charge in [-0.05, 0) is 27.4 Å². The third-order valence-electron chi connectivity index (χ3n) is 1.68. The van der Waals surface area contributed by atoms with Crippen LogP contribution in [-0.2, 0) is 4.79 Å². The number of rotatable bonds is 2. The third kappa shape index (κ3) is 4.93. The molecule has 1 amide bonds. The van der Waals surface area contributed by atoms with Crippen LogP contribution in [0.5, 0.6) is 0 Å². The van der Waals surface area contributed by atoms with Crippen LogP contribution in [0, 0.1) is 5.41 Å². The smallest absolute Gasteiger partial charge is 0.224 e. The SMILES string of the molecule is CC(C)(C)CC(=O)Nc1cncc(Br)c1. The van der Waals surface area contributed by atoms with Gasteiger partial charge >= 0.3 is 0 Å². The van der Waals surface area contributed by atoms with E-state index in [1.165, 1.54) is 0 Å². The molecule has 1 heterocycles. The number of halogens is 1. The maximum atomic E-state index is 11.6. The van der Waals surface area contributed by atoms with Gasteiger partial charge in [-0.25, -0.2) is 0 Å². The van der Waals surface area contributed by atoms with Crippen LogP contribution in [0.4, 0.5) is 5.69 Å². The van der Waals surface area contributed by atoms with Gasteiger partial charge in [0.2, 0.25) is 5.91 Å². The second kappa shape index (κ2) is 4.75. The average Bonchev–Trinajstić information content (AvgIpc) is 1.99. The lowest BCUT2D eigenvalue weighted by Crippen LogP contribution is -2.19. The number of hydrogen-bond donors (Lipinski definition) is 1. The van der Waals surface area contributed by atoms with Crippen molar-refractivity contribution >= 4 is 27.5 Å². The van der Waals surface area contributed by atoms with E-state index in [9.17, 15) is 4.79 Å². The first-order valence-electron chi connectivity index (χ1n) is 4.77. The van der Waals surface area contributed by atoms with Crippen molar-refractivity contribution in [3.8, 4) is 0 Å². The first kappa shape index (κ1) is 12.2. The van der Waals surface area contributed by atoms with Gasteiger partial charge in [0.1, 0.15) is 0 Å². The molecule has 0 bridgehead atoms. The standard InChI is InChI=1S/C11H15BrN2O/c1-11(2,3)5-10(15)14-9-4-8(12)6-13-7-9/h4,6-7H,5H2,1-3H3,(H,14,15). The summed E-state index contributed by atoms with van der Waals surface area (Å²) < 4.78 is 0.857. The van der Waals surface area contributed by atoms with Gasteiger partial charge in [0.15, 0.2) is 0 Å². The van der Waals surface area contributed by atoms with Crippen LogP contribution in [0.3, 0.4) is 0 Å². The van der Waals surface area contributed by atoms with E-state index in [4.69, 9.17) is 0 Å². The Labute approximate surface area is 98.4 Å². The molecule has 0 saturated heterocycles. The number of anilines is 1. The molecule has 0 radical (unpaired) electrons. The van der Waals surface area contributed by atoms with E-state index in [-0.39, 0.29) is 11.3 Å². The van der Waals surface area contributed by atoms with Crippen LogP contribution < -0.4 is 5.32 Å². The number of carbonyl (C=O) groups excluding carboxylic acids is 1. The number of amides is 1. The molecule has 1 aromatic heterocycles. The first-order chi connectivity index (χ1) is 6.87. The summed E-state index contributed by atoms with van der Waals surface area (Å²) in [5.41, 5.74) is 0.724. The van der Waals surface area contributed by atoms with Gasteiger partial charge in [0, 0.05) is 17.1 Å². The molecular weight excluding hydrogens is 256 g/mol. The molecule has 0 aliphatic rings. The van der Waals surface area contributed by atoms with Crippen LogP contribution >= 0.6 is 15.9 Å². The zero-order valence-corrected chi connectivity index (χ0v) is 10.8. The molecule has 1 aromatic rings. The minimum Gasteiger partial charge on any atom is -0.325 e. The lowest BCUT2D eigenvalue weighted by Gasteiger charge is -2.17. The van der Waals surface area contributed by atoms with Gasteiger partial charge in [-0.2, -0.15) is 0 Å². The Bertz CT molecular complexity index is 358. The predicted octanol–water partition coefficient (Wildman–Crippen LogP) is 3.22. The van der Waals surface area contributed by atoms with Crippen molar-refractivity contribution in [1.82, 2.24) is 4.98 Å². The van der Waals surface area contributed by atoms with Crippen molar-refractivity contribution in [2.45, 2.75) is 27.2 Å². The minimum absolute atomic E-state index is 0.00350. The zero-order chi connectivity index (χ0) is 11.5. The maximum absolute atomic E-state index is 11.6. The predicted molar refractivity (Wildman–Crippen MR) is 64.6 cm³/mol. The Morgan fingerprint density at radius 1 is 1.47 bits per heavy atom. The Hall–Kier alpha value is -0.900. The fourth-order valence-corrected chi connectivity index (χ4v) is 1.53. The number of pyridine rings is 1. The fourth-order valence-electron chi connectivity index (χ4n) is 1.17. The number of hydrogen-bond acceptors (Lipinski definition) is 2. The van der Waals surface area contributed by atoms with Gasteiger partial charge in [-0.3, -0.25) is 9.78 Å². The highest BCUT2D eigenvalue weighted by Gasteiger charge is 2.15. The number of nitrogens with zero attached hydrogens (tertiary/aromatic N) is 1. The number of carbonyl (C=O) groups is 1. The molecule has 3 nitrogen and oxygen atoms in total. The molecule has 0 aliphatic carbocycles. The molecule has 1 rings (SSSR count). The van der Waals surface area contributed by atoms with Crippen molar-refractivity contribution in [3.63, 3.8) is 0 Å². The van der Waals surface area contributed by atoms with Gasteiger partial charge in [0.25, 0.3) is 0 Å². The van der Waals surface area contributed by atoms with Crippen molar-refractivity contribution in [2.24, 2.45) is 5.41 Å². The molecule has 0 aliphatic heterocycles. The van der Waals surface area contributed by atoms with Crippen LogP contribution in [0.25, 0.3) is 0 Å². The summed E-state index contributed by atoms with van der Waals surface area (Å²) in [4.78, 5) is 15.6. The summed E-state index contributed by atoms with van der Waals surface area (Å²) in [7, 11) is 0. The van der Waals surface area contributed by atoms with E-state index in [1.807, 2.05) is 26.8 Å². The minimum atomic E-state index is 0.00350. The van der Waals surface area contributed by atoms with E-state index in [0.717, 1.165) is 10.2 Å². The van der Waals surface area contributed by atoms with Crippen molar-refractivity contribution < 1.29 is 4.79 Å². The van der Waals surface area contributed by atoms with Crippen LogP contribution in [0.2, 0.25) is 0 Å². The van der Waals surface area contributed by atoms with E-state index < -0.39 is 0 Å². The van der Waals surface area contributed by atoms with Gasteiger partial charge in [-0.15, -0.1) is 0 Å². The monoisotopic (exact) mass is 270 g/mol. The summed E-state index contributed by atoms with van der Waals surface area (Å²) in [6.45, 7) is 6.10. The van der Waals surface area contributed by atoms with E-state index in [0.29, 0.717) is 6.42 Å². The quantitative estimate of drug-likeness (QED) is 0.897. The Balaban J connectivity index is 2.59. The molecule has 1 N–H and O–H groups in total. The Morgan fingerprint density at radius 2 is 2.13 bits per heavy atom. The van der Waals surface area contributed by atoms with Gasteiger partial charge in [0.05, 0.1) is 11.9 Å². The average molecular weight is 271 g/mol. The third-order valence-corrected chi connectivity index (χ3v) is 2.11. The highest BCUT2D eigenvalue weighted by Crippen LogP contribution is 2.20. The maximum Gasteiger partial charge on any atom is 0.224 e. The molecule has 0 aromatic carbocycles. The highest BCUT2D eigenvalue weighted by atomic mass is 79.9. The Morgan fingerprint density at radius 3 is 2.67 bits per heavy atom. The molecule has 0 spiro atoms. The number of nitrogens with one attached hydrogen (secondary N) is 1. The lowest BCUT2D eigenvalue weighted by atomic mass is 9.92. The highest BCUT2D eigenvalue weighted by molar-refractivity contribution is 9.10. The Kier molecular flexibility index (Phi) is 3.85. The second-order valence-electron chi connectivity index (χ2n) is 4.68. The first-order valence-corrected chi connectivity index (χ1v) is 5.56. The van der Waals surface area contributed by atoms with Crippen molar-refractivity contribution in [1.29, 1.82) is 0 Å². The molecule has 0 fully saturated rings. The summed E-state index contributed by atoms with van der Waals surface area (Å²) in [6.07, 6.45) is 3.81. The number of aromatic nitrogens is 1. The van der Waals surface area contributed by atoms with Crippen LogP contribution in [0.15, 0.2) is 22.9 Å².